The highest BCUT2D eigenvalue weighted by Crippen LogP contribution is 2.29. The van der Waals surface area contributed by atoms with Crippen molar-refractivity contribution in [1.82, 2.24) is 4.37 Å². The van der Waals surface area contributed by atoms with E-state index in [1.165, 1.54) is 11.5 Å². The summed E-state index contributed by atoms with van der Waals surface area (Å²) < 4.78 is 27.1. The maximum atomic E-state index is 11.4. The van der Waals surface area contributed by atoms with Crippen LogP contribution in [0.25, 0.3) is 10.9 Å². The van der Waals surface area contributed by atoms with E-state index >= 15 is 0 Å². The lowest BCUT2D eigenvalue weighted by molar-refractivity contribution is 0.560. The Morgan fingerprint density at radius 2 is 1.94 bits per heavy atom. The molecule has 1 fully saturated rings. The predicted octanol–water partition coefficient (Wildman–Crippen LogP) is 2.29. The fourth-order valence-electron chi connectivity index (χ4n) is 2.21. The van der Waals surface area contributed by atoms with Gasteiger partial charge in [0.1, 0.15) is 14.8 Å². The molecule has 0 unspecified atom stereocenters. The Bertz CT molecular complexity index is 650. The van der Waals surface area contributed by atoms with Crippen LogP contribution in [0.5, 0.6) is 0 Å². The largest absolute Gasteiger partial charge is 0.372 e. The molecule has 0 spiro atoms. The van der Waals surface area contributed by atoms with E-state index in [1.54, 1.807) is 0 Å². The molecule has 2 heterocycles. The van der Waals surface area contributed by atoms with E-state index in [-0.39, 0.29) is 6.04 Å². The van der Waals surface area contributed by atoms with Gasteiger partial charge >= 0.3 is 0 Å². The molecule has 1 aliphatic rings. The van der Waals surface area contributed by atoms with Gasteiger partial charge in [0, 0.05) is 11.4 Å². The second kappa shape index (κ2) is 4.51. The molecule has 1 aromatic carbocycles. The lowest BCUT2D eigenvalue weighted by atomic mass is 10.1. The van der Waals surface area contributed by atoms with Crippen LogP contribution in [0.1, 0.15) is 12.8 Å². The molecule has 0 amide bonds. The molecule has 1 saturated heterocycles. The minimum absolute atomic E-state index is 0.248. The Balaban J connectivity index is 1.77. The maximum Gasteiger partial charge on any atom is 0.150 e. The third-order valence-electron chi connectivity index (χ3n) is 3.27. The predicted molar refractivity (Wildman–Crippen MR) is 74.9 cm³/mol. The molecular formula is C12H14N2O2S2. The number of aromatic nitrogens is 1. The zero-order valence-electron chi connectivity index (χ0n) is 9.80. The summed E-state index contributed by atoms with van der Waals surface area (Å²) >= 11 is 1.45. The average Bonchev–Trinajstić information content (AvgIpc) is 2.76. The molecule has 4 nitrogen and oxygen atoms in total. The van der Waals surface area contributed by atoms with Gasteiger partial charge in [0.15, 0.2) is 0 Å². The van der Waals surface area contributed by atoms with Crippen LogP contribution in [-0.2, 0) is 9.84 Å². The van der Waals surface area contributed by atoms with Crippen LogP contribution < -0.4 is 5.32 Å². The van der Waals surface area contributed by atoms with E-state index in [0.717, 1.165) is 15.9 Å². The standard InChI is InChI=1S/C12H14N2O2S2/c15-18(16)7-5-9(6-8-18)13-12-10-3-1-2-4-11(10)14-17-12/h1-4,9,13H,5-8H2. The van der Waals surface area contributed by atoms with Crippen molar-refractivity contribution in [2.75, 3.05) is 16.8 Å². The third-order valence-corrected chi connectivity index (χ3v) is 5.80. The Labute approximate surface area is 110 Å². The first kappa shape index (κ1) is 11.9. The Morgan fingerprint density at radius 1 is 1.22 bits per heavy atom. The van der Waals surface area contributed by atoms with Crippen molar-refractivity contribution in [3.8, 4) is 0 Å². The smallest absolute Gasteiger partial charge is 0.150 e. The number of rotatable bonds is 2. The highest BCUT2D eigenvalue weighted by atomic mass is 32.2. The quantitative estimate of drug-likeness (QED) is 0.918. The number of nitrogens with zero attached hydrogens (tertiary/aromatic N) is 1. The van der Waals surface area contributed by atoms with E-state index in [0.29, 0.717) is 24.3 Å². The molecule has 1 aliphatic heterocycles. The Kier molecular flexibility index (Phi) is 2.99. The molecule has 3 rings (SSSR count). The fourth-order valence-corrected chi connectivity index (χ4v) is 4.54. The highest BCUT2D eigenvalue weighted by Gasteiger charge is 2.24. The summed E-state index contributed by atoms with van der Waals surface area (Å²) in [5.74, 6) is 0.586. The summed E-state index contributed by atoms with van der Waals surface area (Å²) in [7, 11) is -2.79. The first-order valence-corrected chi connectivity index (χ1v) is 8.55. The molecule has 6 heteroatoms. The van der Waals surface area contributed by atoms with Gasteiger partial charge in [0.2, 0.25) is 0 Å². The number of sulfone groups is 1. The van der Waals surface area contributed by atoms with E-state index in [9.17, 15) is 8.42 Å². The molecule has 96 valence electrons. The lowest BCUT2D eigenvalue weighted by Gasteiger charge is -2.23. The number of hydrogen-bond acceptors (Lipinski definition) is 5. The van der Waals surface area contributed by atoms with Crippen molar-refractivity contribution in [2.24, 2.45) is 0 Å². The Morgan fingerprint density at radius 3 is 2.72 bits per heavy atom. The Hall–Kier alpha value is -1.14. The summed E-state index contributed by atoms with van der Waals surface area (Å²) in [5.41, 5.74) is 0.994. The van der Waals surface area contributed by atoms with Gasteiger partial charge in [-0.2, -0.15) is 4.37 Å². The van der Waals surface area contributed by atoms with Crippen molar-refractivity contribution < 1.29 is 8.42 Å². The molecule has 18 heavy (non-hydrogen) atoms. The maximum absolute atomic E-state index is 11.4. The van der Waals surface area contributed by atoms with E-state index in [2.05, 4.69) is 9.69 Å². The molecule has 0 saturated carbocycles. The first-order chi connectivity index (χ1) is 8.64. The molecule has 0 bridgehead atoms. The highest BCUT2D eigenvalue weighted by molar-refractivity contribution is 7.91. The van der Waals surface area contributed by atoms with Crippen molar-refractivity contribution in [3.05, 3.63) is 24.3 Å². The lowest BCUT2D eigenvalue weighted by Crippen LogP contribution is -2.31. The van der Waals surface area contributed by atoms with E-state index in [4.69, 9.17) is 0 Å². The monoisotopic (exact) mass is 282 g/mol. The normalized spacial score (nSPS) is 20.0. The van der Waals surface area contributed by atoms with Gasteiger partial charge in [-0.05, 0) is 36.5 Å². The van der Waals surface area contributed by atoms with Crippen LogP contribution in [0.3, 0.4) is 0 Å². The number of hydrogen-bond donors (Lipinski definition) is 1. The van der Waals surface area contributed by atoms with Crippen LogP contribution in [0, 0.1) is 0 Å². The molecule has 1 aromatic heterocycles. The summed E-state index contributed by atoms with van der Waals surface area (Å²) in [6.07, 6.45) is 1.38. The van der Waals surface area contributed by atoms with Gasteiger partial charge in [0.25, 0.3) is 0 Å². The van der Waals surface area contributed by atoms with Crippen LogP contribution in [0.15, 0.2) is 24.3 Å². The van der Waals surface area contributed by atoms with Crippen molar-refractivity contribution in [2.45, 2.75) is 18.9 Å². The van der Waals surface area contributed by atoms with Gasteiger partial charge in [-0.15, -0.1) is 0 Å². The fraction of sp³-hybridized carbons (Fsp3) is 0.417. The number of fused-ring (bicyclic) bond motifs is 1. The van der Waals surface area contributed by atoms with Crippen LogP contribution in [-0.4, -0.2) is 30.3 Å². The number of anilines is 1. The minimum atomic E-state index is -2.79. The average molecular weight is 282 g/mol. The van der Waals surface area contributed by atoms with E-state index < -0.39 is 9.84 Å². The van der Waals surface area contributed by atoms with Crippen molar-refractivity contribution in [1.29, 1.82) is 0 Å². The molecule has 0 radical (unpaired) electrons. The van der Waals surface area contributed by atoms with Gasteiger partial charge < -0.3 is 5.32 Å². The summed E-state index contributed by atoms with van der Waals surface area (Å²) in [6, 6.07) is 8.24. The summed E-state index contributed by atoms with van der Waals surface area (Å²) in [5, 5.41) is 5.61. The molecule has 0 aliphatic carbocycles. The first-order valence-electron chi connectivity index (χ1n) is 5.95. The van der Waals surface area contributed by atoms with Crippen molar-refractivity contribution >= 4 is 37.3 Å². The minimum Gasteiger partial charge on any atom is -0.372 e. The second-order valence-corrected chi connectivity index (χ2v) is 7.68. The van der Waals surface area contributed by atoms with Gasteiger partial charge in [0.05, 0.1) is 17.0 Å². The van der Waals surface area contributed by atoms with Crippen molar-refractivity contribution in [3.63, 3.8) is 0 Å². The summed E-state index contributed by atoms with van der Waals surface area (Å²) in [6.45, 7) is 0. The van der Waals surface area contributed by atoms with E-state index in [1.807, 2.05) is 24.3 Å². The SMILES string of the molecule is O=S1(=O)CCC(Nc2snc3ccccc23)CC1. The molecule has 0 atom stereocenters. The van der Waals surface area contributed by atoms with Gasteiger partial charge in [-0.3, -0.25) is 0 Å². The molecular weight excluding hydrogens is 268 g/mol. The zero-order chi connectivity index (χ0) is 12.6. The van der Waals surface area contributed by atoms with Gasteiger partial charge in [-0.1, -0.05) is 12.1 Å². The third kappa shape index (κ3) is 2.35. The second-order valence-electron chi connectivity index (χ2n) is 4.60. The zero-order valence-corrected chi connectivity index (χ0v) is 11.4. The topological polar surface area (TPSA) is 59.1 Å². The van der Waals surface area contributed by atoms with Crippen LogP contribution >= 0.6 is 11.5 Å². The number of benzene rings is 1. The van der Waals surface area contributed by atoms with Crippen LogP contribution in [0.4, 0.5) is 5.00 Å². The molecule has 1 N–H and O–H groups in total. The number of nitrogens with one attached hydrogen (secondary N) is 1. The van der Waals surface area contributed by atoms with Crippen LogP contribution in [0.2, 0.25) is 0 Å². The van der Waals surface area contributed by atoms with Gasteiger partial charge in [-0.25, -0.2) is 8.42 Å². The summed E-state index contributed by atoms with van der Waals surface area (Å²) in [4.78, 5) is 0. The molecule has 2 aromatic rings.